The lowest BCUT2D eigenvalue weighted by molar-refractivity contribution is -0.173. The second-order valence-electron chi connectivity index (χ2n) is 11.4. The molecule has 2 aromatic heterocycles. The van der Waals surface area contributed by atoms with Crippen molar-refractivity contribution < 1.29 is 46.9 Å². The lowest BCUT2D eigenvalue weighted by Crippen LogP contribution is -2.50. The van der Waals surface area contributed by atoms with Crippen molar-refractivity contribution in [1.82, 2.24) is 19.7 Å². The first-order valence-electron chi connectivity index (χ1n) is 14.7. The van der Waals surface area contributed by atoms with Crippen LogP contribution in [0.4, 0.5) is 5.82 Å². The number of nitrogens with two attached hydrogens (primary N) is 1. The third kappa shape index (κ3) is 7.71. The van der Waals surface area contributed by atoms with Crippen LogP contribution in [0.1, 0.15) is 46.4 Å². The molecule has 1 aliphatic heterocycles. The van der Waals surface area contributed by atoms with Crippen LogP contribution in [-0.2, 0) is 42.4 Å². The number of nitrogen functional groups attached to an aromatic ring is 1. The maximum Gasteiger partial charge on any atom is 0.459 e. The summed E-state index contributed by atoms with van der Waals surface area (Å²) in [7, 11) is -3.36. The standard InChI is InChI=1S/C30H37N6O10P/c1-17(2)27(37)43-24-23(21-12-13-22-26(32)33-16-34-36(21)22)45-30(14-31,25(24)44-28(38)18(3)4)15-42-47(40,35-19(5)29(39)41-6)46-20-10-8-7-9-11-20/h7-13,16-19,23-25H,15H2,1-6H3,(H,35,40)(H2,32,33,34)/t19-,23-,24-,25-,30+,47-/m0/s1. The number of ether oxygens (including phenoxy) is 4. The molecule has 4 rings (SSSR count). The van der Waals surface area contributed by atoms with E-state index in [1.54, 1.807) is 58.0 Å². The number of rotatable bonds is 13. The van der Waals surface area contributed by atoms with Gasteiger partial charge in [0.25, 0.3) is 0 Å². The first-order valence-corrected chi connectivity index (χ1v) is 16.2. The summed E-state index contributed by atoms with van der Waals surface area (Å²) in [5.74, 6) is -3.21. The molecule has 0 spiro atoms. The predicted octanol–water partition coefficient (Wildman–Crippen LogP) is 3.14. The van der Waals surface area contributed by atoms with Gasteiger partial charge in [0.05, 0.1) is 24.6 Å². The van der Waals surface area contributed by atoms with E-state index in [4.69, 9.17) is 33.7 Å². The van der Waals surface area contributed by atoms with E-state index in [0.29, 0.717) is 5.52 Å². The van der Waals surface area contributed by atoms with Gasteiger partial charge in [0.2, 0.25) is 5.60 Å². The van der Waals surface area contributed by atoms with Gasteiger partial charge >= 0.3 is 25.7 Å². The number of nitriles is 1. The van der Waals surface area contributed by atoms with Gasteiger partial charge in [0.15, 0.2) is 18.0 Å². The Kier molecular flexibility index (Phi) is 10.9. The molecule has 0 saturated carbocycles. The predicted molar refractivity (Wildman–Crippen MR) is 164 cm³/mol. The van der Waals surface area contributed by atoms with E-state index < -0.39 is 74.1 Å². The molecule has 1 aliphatic rings. The van der Waals surface area contributed by atoms with Gasteiger partial charge in [-0.05, 0) is 31.2 Å². The molecule has 0 amide bonds. The highest BCUT2D eigenvalue weighted by molar-refractivity contribution is 7.52. The topological polar surface area (TPSA) is 216 Å². The Labute approximate surface area is 271 Å². The van der Waals surface area contributed by atoms with Crippen LogP contribution in [0.2, 0.25) is 0 Å². The number of nitrogens with one attached hydrogen (secondary N) is 1. The third-order valence-electron chi connectivity index (χ3n) is 7.15. The Hall–Kier alpha value is -4.55. The van der Waals surface area contributed by atoms with Gasteiger partial charge in [-0.25, -0.2) is 14.1 Å². The molecule has 0 unspecified atom stereocenters. The van der Waals surface area contributed by atoms with Crippen LogP contribution in [0.5, 0.6) is 5.75 Å². The van der Waals surface area contributed by atoms with Crippen molar-refractivity contribution in [2.45, 2.75) is 64.6 Å². The van der Waals surface area contributed by atoms with E-state index in [0.717, 1.165) is 7.11 Å². The minimum absolute atomic E-state index is 0.111. The van der Waals surface area contributed by atoms with Crippen molar-refractivity contribution in [3.8, 4) is 11.8 Å². The maximum absolute atomic E-state index is 14.2. The lowest BCUT2D eigenvalue weighted by Gasteiger charge is -2.31. The molecule has 3 aromatic rings. The van der Waals surface area contributed by atoms with Crippen molar-refractivity contribution in [3.05, 3.63) is 54.5 Å². The van der Waals surface area contributed by atoms with Crippen LogP contribution in [-0.4, -0.2) is 70.1 Å². The molecule has 3 heterocycles. The fourth-order valence-electron chi connectivity index (χ4n) is 4.62. The number of methoxy groups -OCH3 is 1. The summed E-state index contributed by atoms with van der Waals surface area (Å²) in [5.41, 5.74) is 4.46. The number of hydrogen-bond donors (Lipinski definition) is 2. The van der Waals surface area contributed by atoms with Gasteiger partial charge in [-0.2, -0.15) is 15.4 Å². The Balaban J connectivity index is 1.81. The zero-order valence-electron chi connectivity index (χ0n) is 26.7. The Morgan fingerprint density at radius 1 is 1.06 bits per heavy atom. The minimum Gasteiger partial charge on any atom is -0.468 e. The summed E-state index contributed by atoms with van der Waals surface area (Å²) >= 11 is 0. The first kappa shape index (κ1) is 35.3. The molecule has 3 N–H and O–H groups in total. The van der Waals surface area contributed by atoms with Crippen molar-refractivity contribution in [2.24, 2.45) is 11.8 Å². The zero-order chi connectivity index (χ0) is 34.5. The molecule has 16 nitrogen and oxygen atoms in total. The largest absolute Gasteiger partial charge is 0.468 e. The SMILES string of the molecule is COC(=O)[C@H](C)N[P@](=O)(OC[C@@]1(C#N)O[C@@H](c2ccc3c(N)ncnn23)[C@H](OC(=O)C(C)C)[C@@H]1OC(=O)C(C)C)Oc1ccccc1. The van der Waals surface area contributed by atoms with E-state index in [9.17, 15) is 24.2 Å². The number of hydrogen-bond acceptors (Lipinski definition) is 14. The Bertz CT molecular complexity index is 1690. The van der Waals surface area contributed by atoms with E-state index in [-0.39, 0.29) is 17.3 Å². The van der Waals surface area contributed by atoms with Gasteiger partial charge in [-0.3, -0.25) is 18.9 Å². The summed E-state index contributed by atoms with van der Waals surface area (Å²) in [5, 5.41) is 17.4. The third-order valence-corrected chi connectivity index (χ3v) is 8.77. The average Bonchev–Trinajstić information content (AvgIpc) is 3.60. The van der Waals surface area contributed by atoms with Gasteiger partial charge in [-0.1, -0.05) is 45.9 Å². The molecule has 47 heavy (non-hydrogen) atoms. The summed E-state index contributed by atoms with van der Waals surface area (Å²) in [6.07, 6.45) is -3.10. The number of carbonyl (C=O) groups is 3. The van der Waals surface area contributed by atoms with Crippen molar-refractivity contribution in [2.75, 3.05) is 19.5 Å². The van der Waals surface area contributed by atoms with E-state index >= 15 is 0 Å². The normalized spacial score (nSPS) is 22.7. The molecule has 1 saturated heterocycles. The average molecular weight is 673 g/mol. The molecular formula is C30H37N6O10P. The van der Waals surface area contributed by atoms with Crippen LogP contribution >= 0.6 is 7.75 Å². The van der Waals surface area contributed by atoms with E-state index in [1.807, 2.05) is 6.07 Å². The Morgan fingerprint density at radius 2 is 1.72 bits per heavy atom. The molecular weight excluding hydrogens is 635 g/mol. The molecule has 1 fully saturated rings. The number of benzene rings is 1. The number of esters is 3. The van der Waals surface area contributed by atoms with Crippen molar-refractivity contribution in [3.63, 3.8) is 0 Å². The summed E-state index contributed by atoms with van der Waals surface area (Å²) < 4.78 is 49.8. The highest BCUT2D eigenvalue weighted by Gasteiger charge is 2.62. The second-order valence-corrected chi connectivity index (χ2v) is 13.1. The van der Waals surface area contributed by atoms with Crippen LogP contribution in [0, 0.1) is 23.2 Å². The number of carbonyl (C=O) groups excluding carboxylic acids is 3. The van der Waals surface area contributed by atoms with Gasteiger partial charge in [0.1, 0.15) is 42.4 Å². The number of nitrogens with zero attached hydrogens (tertiary/aromatic N) is 4. The molecule has 1 aromatic carbocycles. The van der Waals surface area contributed by atoms with E-state index in [1.165, 1.54) is 29.9 Å². The first-order chi connectivity index (χ1) is 22.2. The maximum atomic E-state index is 14.2. The van der Waals surface area contributed by atoms with Gasteiger partial charge < -0.3 is 29.2 Å². The van der Waals surface area contributed by atoms with Gasteiger partial charge in [0, 0.05) is 0 Å². The summed E-state index contributed by atoms with van der Waals surface area (Å²) in [6.45, 7) is 6.89. The lowest BCUT2D eigenvalue weighted by atomic mass is 9.95. The number of anilines is 1. The number of para-hydroxylation sites is 1. The number of aromatic nitrogens is 3. The van der Waals surface area contributed by atoms with Crippen molar-refractivity contribution >= 4 is 37.0 Å². The smallest absolute Gasteiger partial charge is 0.459 e. The highest BCUT2D eigenvalue weighted by atomic mass is 31.2. The van der Waals surface area contributed by atoms with Crippen molar-refractivity contribution in [1.29, 1.82) is 5.26 Å². The van der Waals surface area contributed by atoms with Crippen LogP contribution in [0.25, 0.3) is 5.52 Å². The molecule has 17 heteroatoms. The molecule has 0 aliphatic carbocycles. The minimum atomic E-state index is -4.51. The monoisotopic (exact) mass is 672 g/mol. The Morgan fingerprint density at radius 3 is 2.34 bits per heavy atom. The van der Waals surface area contributed by atoms with Crippen LogP contribution in [0.3, 0.4) is 0 Å². The van der Waals surface area contributed by atoms with Gasteiger partial charge in [-0.15, -0.1) is 0 Å². The highest BCUT2D eigenvalue weighted by Crippen LogP contribution is 2.50. The zero-order valence-corrected chi connectivity index (χ0v) is 27.6. The fraction of sp³-hybridized carbons (Fsp3) is 0.467. The van der Waals surface area contributed by atoms with Crippen LogP contribution in [0.15, 0.2) is 48.8 Å². The number of fused-ring (bicyclic) bond motifs is 1. The van der Waals surface area contributed by atoms with E-state index in [2.05, 4.69) is 15.2 Å². The summed E-state index contributed by atoms with van der Waals surface area (Å²) in [6, 6.07) is 12.0. The van der Waals surface area contributed by atoms with Crippen LogP contribution < -0.4 is 15.3 Å². The quantitative estimate of drug-likeness (QED) is 0.151. The summed E-state index contributed by atoms with van der Waals surface area (Å²) in [4.78, 5) is 42.3. The molecule has 0 radical (unpaired) electrons. The molecule has 6 atom stereocenters. The molecule has 252 valence electrons. The molecule has 0 bridgehead atoms. The second kappa shape index (κ2) is 14.5. The fourth-order valence-corrected chi connectivity index (χ4v) is 6.14.